The normalized spacial score (nSPS) is 17.2. The summed E-state index contributed by atoms with van der Waals surface area (Å²) in [6.07, 6.45) is 5.73. The van der Waals surface area contributed by atoms with Crippen LogP contribution in [-0.4, -0.2) is 28.8 Å². The summed E-state index contributed by atoms with van der Waals surface area (Å²) >= 11 is 8.13. The fraction of sp³-hybridized carbons (Fsp3) is 0.333. The van der Waals surface area contributed by atoms with E-state index in [2.05, 4.69) is 20.3 Å². The van der Waals surface area contributed by atoms with E-state index in [4.69, 9.17) is 16.3 Å². The van der Waals surface area contributed by atoms with Gasteiger partial charge in [-0.25, -0.2) is 9.97 Å². The van der Waals surface area contributed by atoms with Crippen LogP contribution in [0.5, 0.6) is 0 Å². The van der Waals surface area contributed by atoms with E-state index >= 15 is 0 Å². The molecule has 0 fully saturated rings. The first-order valence-corrected chi connectivity index (χ1v) is 10.8. The average Bonchev–Trinajstić information content (AvgIpc) is 3.31. The zero-order valence-electron chi connectivity index (χ0n) is 15.9. The zero-order valence-corrected chi connectivity index (χ0v) is 17.4. The fourth-order valence-corrected chi connectivity index (χ4v) is 5.52. The van der Waals surface area contributed by atoms with E-state index in [1.54, 1.807) is 17.7 Å². The molecule has 1 aromatic carbocycles. The first kappa shape index (κ1) is 18.5. The number of aliphatic imine (C=N–C) groups is 1. The van der Waals surface area contributed by atoms with Crippen molar-refractivity contribution in [3.63, 3.8) is 0 Å². The van der Waals surface area contributed by atoms with Crippen LogP contribution >= 0.6 is 22.9 Å². The van der Waals surface area contributed by atoms with Gasteiger partial charge in [-0.2, -0.15) is 0 Å². The summed E-state index contributed by atoms with van der Waals surface area (Å²) < 4.78 is 5.22. The molecule has 1 N–H and O–H groups in total. The van der Waals surface area contributed by atoms with Crippen molar-refractivity contribution < 1.29 is 9.53 Å². The third-order valence-corrected chi connectivity index (χ3v) is 6.91. The van der Waals surface area contributed by atoms with Gasteiger partial charge in [0.05, 0.1) is 35.2 Å². The lowest BCUT2D eigenvalue weighted by Crippen LogP contribution is -2.23. The molecule has 148 valence electrons. The lowest BCUT2D eigenvalue weighted by molar-refractivity contribution is -0.148. The Bertz CT molecular complexity index is 1160. The van der Waals surface area contributed by atoms with Crippen LogP contribution in [0.15, 0.2) is 23.5 Å². The smallest absolute Gasteiger partial charge is 0.309 e. The molecule has 0 bridgehead atoms. The maximum absolute atomic E-state index is 12.2. The molecular weight excluding hydrogens is 408 g/mol. The van der Waals surface area contributed by atoms with Gasteiger partial charge in [0.2, 0.25) is 0 Å². The molecule has 2 aromatic heterocycles. The largest absolute Gasteiger partial charge is 0.466 e. The number of benzene rings is 1. The lowest BCUT2D eigenvalue weighted by Gasteiger charge is -2.20. The predicted molar refractivity (Wildman–Crippen MR) is 116 cm³/mol. The molecule has 1 atom stereocenters. The molecule has 3 aromatic rings. The number of esters is 1. The van der Waals surface area contributed by atoms with E-state index < -0.39 is 0 Å². The Morgan fingerprint density at radius 1 is 1.38 bits per heavy atom. The van der Waals surface area contributed by atoms with Crippen LogP contribution in [0.3, 0.4) is 0 Å². The monoisotopic (exact) mass is 426 g/mol. The van der Waals surface area contributed by atoms with E-state index in [0.717, 1.165) is 45.7 Å². The topological polar surface area (TPSA) is 76.5 Å². The maximum Gasteiger partial charge on any atom is 0.309 e. The van der Waals surface area contributed by atoms with Crippen LogP contribution in [0.4, 0.5) is 11.5 Å². The van der Waals surface area contributed by atoms with Gasteiger partial charge >= 0.3 is 5.97 Å². The Kier molecular flexibility index (Phi) is 4.72. The Hall–Kier alpha value is -2.51. The van der Waals surface area contributed by atoms with Crippen LogP contribution in [0.25, 0.3) is 10.2 Å². The maximum atomic E-state index is 12.2. The Morgan fingerprint density at radius 3 is 3.14 bits per heavy atom. The number of hydrogen-bond donors (Lipinski definition) is 1. The summed E-state index contributed by atoms with van der Waals surface area (Å²) in [5.41, 5.74) is 4.24. The first-order valence-electron chi connectivity index (χ1n) is 9.65. The van der Waals surface area contributed by atoms with Crippen LogP contribution in [-0.2, 0) is 28.9 Å². The van der Waals surface area contributed by atoms with E-state index in [-0.39, 0.29) is 11.9 Å². The summed E-state index contributed by atoms with van der Waals surface area (Å²) in [5.74, 6) is 0.566. The van der Waals surface area contributed by atoms with Crippen LogP contribution in [0, 0.1) is 5.92 Å². The van der Waals surface area contributed by atoms with Gasteiger partial charge in [-0.05, 0) is 55.0 Å². The highest BCUT2D eigenvalue weighted by atomic mass is 35.5. The minimum Gasteiger partial charge on any atom is -0.466 e. The summed E-state index contributed by atoms with van der Waals surface area (Å²) in [6, 6.07) is 3.97. The minimum atomic E-state index is -0.105. The SMILES string of the molecule is CCOC(=O)[C@H]1CCc2c(sc3ncnc(Nc4cc5c(cc4Cl)CN=C5)c23)C1. The van der Waals surface area contributed by atoms with Crippen molar-refractivity contribution in [3.8, 4) is 0 Å². The van der Waals surface area contributed by atoms with Gasteiger partial charge in [0.1, 0.15) is 17.0 Å². The molecule has 0 radical (unpaired) electrons. The van der Waals surface area contributed by atoms with Gasteiger partial charge < -0.3 is 10.1 Å². The van der Waals surface area contributed by atoms with E-state index in [0.29, 0.717) is 24.6 Å². The summed E-state index contributed by atoms with van der Waals surface area (Å²) in [4.78, 5) is 27.6. The standard InChI is InChI=1S/C21H19ClN4O2S/c1-2-28-21(27)11-3-4-14-17(7-11)29-20-18(14)19(24-10-25-20)26-16-6-13-9-23-8-12(13)5-15(16)22/h5-6,9-11H,2-4,7-8H2,1H3,(H,24,25,26)/t11-/m0/s1. The Balaban J connectivity index is 1.51. The average molecular weight is 427 g/mol. The summed E-state index contributed by atoms with van der Waals surface area (Å²) in [7, 11) is 0. The van der Waals surface area contributed by atoms with Gasteiger partial charge in [0.25, 0.3) is 0 Å². The van der Waals surface area contributed by atoms with Crippen molar-refractivity contribution in [2.45, 2.75) is 32.7 Å². The van der Waals surface area contributed by atoms with Gasteiger partial charge in [-0.15, -0.1) is 11.3 Å². The highest BCUT2D eigenvalue weighted by molar-refractivity contribution is 7.19. The number of ether oxygens (including phenoxy) is 1. The summed E-state index contributed by atoms with van der Waals surface area (Å²) in [6.45, 7) is 2.93. The second-order valence-electron chi connectivity index (χ2n) is 7.22. The molecule has 1 aliphatic heterocycles. The van der Waals surface area contributed by atoms with Crippen LogP contribution in [0.2, 0.25) is 5.02 Å². The van der Waals surface area contributed by atoms with Crippen molar-refractivity contribution in [1.29, 1.82) is 0 Å². The number of halogens is 1. The number of carbonyl (C=O) groups excluding carboxylic acids is 1. The zero-order chi connectivity index (χ0) is 20.0. The molecule has 0 saturated heterocycles. The number of aromatic nitrogens is 2. The van der Waals surface area contributed by atoms with E-state index in [1.165, 1.54) is 10.4 Å². The highest BCUT2D eigenvalue weighted by Gasteiger charge is 2.30. The van der Waals surface area contributed by atoms with Crippen molar-refractivity contribution in [2.75, 3.05) is 11.9 Å². The van der Waals surface area contributed by atoms with E-state index in [9.17, 15) is 4.79 Å². The quantitative estimate of drug-likeness (QED) is 0.612. The number of carbonyl (C=O) groups is 1. The molecule has 2 aliphatic rings. The second-order valence-corrected chi connectivity index (χ2v) is 8.71. The number of anilines is 2. The van der Waals surface area contributed by atoms with Crippen LogP contribution in [0.1, 0.15) is 34.9 Å². The van der Waals surface area contributed by atoms with E-state index in [1.807, 2.05) is 25.3 Å². The number of thiophene rings is 1. The lowest BCUT2D eigenvalue weighted by atomic mass is 9.88. The molecule has 0 amide bonds. The number of fused-ring (bicyclic) bond motifs is 4. The second kappa shape index (κ2) is 7.39. The Labute approximate surface area is 177 Å². The van der Waals surface area contributed by atoms with Crippen LogP contribution < -0.4 is 5.32 Å². The number of rotatable bonds is 4. The third-order valence-electron chi connectivity index (χ3n) is 5.44. The third kappa shape index (κ3) is 3.28. The molecule has 1 aliphatic carbocycles. The van der Waals surface area contributed by atoms with Crippen molar-refractivity contribution >= 4 is 56.8 Å². The number of nitrogens with zero attached hydrogens (tertiary/aromatic N) is 3. The molecule has 3 heterocycles. The summed E-state index contributed by atoms with van der Waals surface area (Å²) in [5, 5.41) is 5.08. The molecule has 0 spiro atoms. The number of nitrogens with one attached hydrogen (secondary N) is 1. The molecular formula is C21H19ClN4O2S. The van der Waals surface area contributed by atoms with Crippen molar-refractivity contribution in [2.24, 2.45) is 10.9 Å². The molecule has 6 nitrogen and oxygen atoms in total. The fourth-order valence-electron chi connectivity index (χ4n) is 4.02. The van der Waals surface area contributed by atoms with Gasteiger partial charge in [0, 0.05) is 11.1 Å². The number of hydrogen-bond acceptors (Lipinski definition) is 7. The van der Waals surface area contributed by atoms with Gasteiger partial charge in [-0.3, -0.25) is 9.79 Å². The van der Waals surface area contributed by atoms with Crippen molar-refractivity contribution in [3.05, 3.63) is 45.1 Å². The predicted octanol–water partition coefficient (Wildman–Crippen LogP) is 4.69. The van der Waals surface area contributed by atoms with Gasteiger partial charge in [0.15, 0.2) is 0 Å². The molecule has 5 rings (SSSR count). The minimum absolute atomic E-state index is 0.0784. The van der Waals surface area contributed by atoms with Crippen molar-refractivity contribution in [1.82, 2.24) is 9.97 Å². The molecule has 0 saturated carbocycles. The first-order chi connectivity index (χ1) is 14.1. The Morgan fingerprint density at radius 2 is 2.28 bits per heavy atom. The molecule has 8 heteroatoms. The molecule has 29 heavy (non-hydrogen) atoms. The van der Waals surface area contributed by atoms with Gasteiger partial charge in [-0.1, -0.05) is 11.6 Å². The molecule has 0 unspecified atom stereocenters. The number of aryl methyl sites for hydroxylation is 1. The highest BCUT2D eigenvalue weighted by Crippen LogP contribution is 2.41.